The van der Waals surface area contributed by atoms with Gasteiger partial charge in [-0.25, -0.2) is 33.5 Å². The predicted octanol–water partition coefficient (Wildman–Crippen LogP) is 2.59. The van der Waals surface area contributed by atoms with Crippen molar-refractivity contribution in [1.82, 2.24) is 39.0 Å². The molecule has 2 unspecified atom stereocenters. The van der Waals surface area contributed by atoms with Gasteiger partial charge < -0.3 is 30.4 Å². The first-order valence-electron chi connectivity index (χ1n) is 14.6. The Hall–Kier alpha value is -2.91. The summed E-state index contributed by atoms with van der Waals surface area (Å²) >= 11 is 7.58. The molecule has 19 nitrogen and oxygen atoms in total. The number of thiol groups is 2. The molecular formula is C25H33FN10O9P2S2. The van der Waals surface area contributed by atoms with Gasteiger partial charge in [-0.2, -0.15) is 4.98 Å². The van der Waals surface area contributed by atoms with E-state index in [0.29, 0.717) is 24.1 Å². The van der Waals surface area contributed by atoms with E-state index < -0.39 is 56.0 Å². The summed E-state index contributed by atoms with van der Waals surface area (Å²) in [5, 5.41) is 0. The highest BCUT2D eigenvalue weighted by molar-refractivity contribution is 8.44. The molecule has 0 amide bonds. The lowest BCUT2D eigenvalue weighted by Crippen LogP contribution is -2.38. The number of anilines is 2. The third-order valence-electron chi connectivity index (χ3n) is 8.26. The van der Waals surface area contributed by atoms with E-state index in [1.54, 1.807) is 17.8 Å². The van der Waals surface area contributed by atoms with Crippen LogP contribution in [0.5, 0.6) is 0 Å². The van der Waals surface area contributed by atoms with E-state index in [1.165, 1.54) is 6.33 Å². The maximum Gasteiger partial charge on any atom is 0.386 e. The minimum Gasteiger partial charge on any atom is -0.382 e. The Kier molecular flexibility index (Phi) is 9.77. The number of nitrogens with zero attached hydrogens (tertiary/aromatic N) is 7. The number of aromatic amines is 1. The highest BCUT2D eigenvalue weighted by Gasteiger charge is 2.52. The third kappa shape index (κ3) is 7.44. The molecule has 2 saturated heterocycles. The molecular weight excluding hydrogens is 729 g/mol. The molecule has 6 rings (SSSR count). The highest BCUT2D eigenvalue weighted by atomic mass is 32.7. The van der Waals surface area contributed by atoms with Crippen LogP contribution in [0.4, 0.5) is 16.2 Å². The fourth-order valence-electron chi connectivity index (χ4n) is 6.10. The SMILES string of the molecule is C=C(C)[C@H]1C[C@H](Cn2cnc3c(N)ncnc32)O[C@]1(C)COP(=O)(S)O[C@H]1[C@H](F)[C@@H](COP(=O)(O)S)O[C@H]1n1cnc2c(=O)[nH]c(N)nc21. The summed E-state index contributed by atoms with van der Waals surface area (Å²) in [7, 11) is 0. The van der Waals surface area contributed by atoms with Crippen molar-refractivity contribution in [3.63, 3.8) is 0 Å². The van der Waals surface area contributed by atoms with E-state index in [-0.39, 0.29) is 41.6 Å². The lowest BCUT2D eigenvalue weighted by Gasteiger charge is -2.32. The van der Waals surface area contributed by atoms with E-state index in [4.69, 9.17) is 34.5 Å². The number of halogens is 1. The second kappa shape index (κ2) is 13.3. The van der Waals surface area contributed by atoms with Gasteiger partial charge in [0.15, 0.2) is 35.0 Å². The molecule has 0 bridgehead atoms. The van der Waals surface area contributed by atoms with Crippen LogP contribution >= 0.6 is 38.1 Å². The zero-order chi connectivity index (χ0) is 35.5. The van der Waals surface area contributed by atoms with Crippen molar-refractivity contribution in [2.45, 2.75) is 63.1 Å². The monoisotopic (exact) mass is 762 g/mol. The zero-order valence-electron chi connectivity index (χ0n) is 25.9. The smallest absolute Gasteiger partial charge is 0.382 e. The van der Waals surface area contributed by atoms with Crippen molar-refractivity contribution in [2.75, 3.05) is 24.7 Å². The third-order valence-corrected chi connectivity index (χ3v) is 10.7. The van der Waals surface area contributed by atoms with Crippen molar-refractivity contribution in [3.8, 4) is 0 Å². The molecule has 4 aromatic rings. The van der Waals surface area contributed by atoms with Crippen LogP contribution in [0, 0.1) is 5.92 Å². The van der Waals surface area contributed by atoms with Crippen molar-refractivity contribution < 1.29 is 41.5 Å². The predicted molar refractivity (Wildman–Crippen MR) is 179 cm³/mol. The van der Waals surface area contributed by atoms with E-state index >= 15 is 4.39 Å². The standard InChI is InChI=1S/C25H33FN10O9P2S2/c1-11(2)13-4-12(5-35-9-31-16-19(27)29-8-30-20(16)35)44-25(13,3)7-42-47(40,49)45-18-15(26)14(6-41-46(38,39)48)43-23(18)36-10-32-17-21(36)33-24(28)34-22(17)37/h8-10,12-15,18,23H,1,4-7H2,2-3H3,(H,40,49)(H2,27,29,30)(H2,38,39,48)(H3,28,33,34,37)/t12-,13-,14-,15-,18+,23-,25-,47?/m1/s1. The van der Waals surface area contributed by atoms with Crippen LogP contribution in [0.3, 0.4) is 0 Å². The molecule has 6 heterocycles. The molecule has 4 aromatic heterocycles. The Morgan fingerprint density at radius 1 is 1.20 bits per heavy atom. The van der Waals surface area contributed by atoms with Gasteiger partial charge in [-0.15, -0.1) is 0 Å². The molecule has 2 aliphatic heterocycles. The zero-order valence-corrected chi connectivity index (χ0v) is 29.5. The molecule has 24 heteroatoms. The summed E-state index contributed by atoms with van der Waals surface area (Å²) in [5.74, 6) is -0.284. The fourth-order valence-corrected chi connectivity index (χ4v) is 8.15. The summed E-state index contributed by atoms with van der Waals surface area (Å²) in [6, 6.07) is 0. The van der Waals surface area contributed by atoms with E-state index in [0.717, 1.165) is 16.5 Å². The number of aromatic nitrogens is 8. The maximum atomic E-state index is 16.0. The van der Waals surface area contributed by atoms with E-state index in [1.807, 2.05) is 6.92 Å². The molecule has 0 aliphatic carbocycles. The summed E-state index contributed by atoms with van der Waals surface area (Å²) in [6.07, 6.45) is -2.69. The minimum absolute atomic E-state index is 0.104. The van der Waals surface area contributed by atoms with Crippen LogP contribution in [0.25, 0.3) is 22.3 Å². The van der Waals surface area contributed by atoms with Crippen LogP contribution in [-0.2, 0) is 38.7 Å². The van der Waals surface area contributed by atoms with Crippen molar-refractivity contribution >= 4 is 72.2 Å². The molecule has 6 N–H and O–H groups in total. The number of fused-ring (bicyclic) bond motifs is 2. The molecule has 2 aliphatic rings. The summed E-state index contributed by atoms with van der Waals surface area (Å²) in [6.45, 7) is -1.78. The lowest BCUT2D eigenvalue weighted by atomic mass is 9.84. The van der Waals surface area contributed by atoms with Gasteiger partial charge in [0.2, 0.25) is 5.95 Å². The molecule has 0 aromatic carbocycles. The number of H-pyrrole nitrogens is 1. The van der Waals surface area contributed by atoms with Crippen molar-refractivity contribution in [1.29, 1.82) is 0 Å². The Bertz CT molecular complexity index is 2060. The first-order chi connectivity index (χ1) is 22.9. The largest absolute Gasteiger partial charge is 0.386 e. The number of ether oxygens (including phenoxy) is 2. The number of alkyl halides is 1. The number of hydrogen-bond donors (Lipinski definition) is 6. The maximum absolute atomic E-state index is 16.0. The van der Waals surface area contributed by atoms with Crippen LogP contribution in [0.1, 0.15) is 26.5 Å². The van der Waals surface area contributed by atoms with Crippen molar-refractivity contribution in [3.05, 3.63) is 41.5 Å². The van der Waals surface area contributed by atoms with Gasteiger partial charge >= 0.3 is 13.6 Å². The van der Waals surface area contributed by atoms with Gasteiger partial charge in [-0.05, 0) is 20.3 Å². The molecule has 0 radical (unpaired) electrons. The van der Waals surface area contributed by atoms with Gasteiger partial charge in [0.1, 0.15) is 24.1 Å². The number of nitrogens with one attached hydrogen (secondary N) is 1. The van der Waals surface area contributed by atoms with E-state index in [9.17, 15) is 18.8 Å². The normalized spacial score (nSPS) is 29.8. The van der Waals surface area contributed by atoms with Crippen LogP contribution < -0.4 is 17.0 Å². The topological polar surface area (TPSA) is 260 Å². The summed E-state index contributed by atoms with van der Waals surface area (Å²) in [4.78, 5) is 44.7. The van der Waals surface area contributed by atoms with E-state index in [2.05, 4.69) is 61.0 Å². The van der Waals surface area contributed by atoms with Gasteiger partial charge in [0.25, 0.3) is 5.56 Å². The Labute approximate surface area is 287 Å². The Balaban J connectivity index is 1.21. The number of nitrogens with two attached hydrogens (primary N) is 2. The van der Waals surface area contributed by atoms with Crippen LogP contribution in [0.2, 0.25) is 0 Å². The second-order valence-electron chi connectivity index (χ2n) is 11.9. The average Bonchev–Trinajstić information content (AvgIpc) is 3.76. The van der Waals surface area contributed by atoms with Gasteiger partial charge in [0, 0.05) is 5.92 Å². The highest BCUT2D eigenvalue weighted by Crippen LogP contribution is 2.58. The fraction of sp³-hybridized carbons (Fsp3) is 0.520. The lowest BCUT2D eigenvalue weighted by molar-refractivity contribution is -0.0750. The summed E-state index contributed by atoms with van der Waals surface area (Å²) in [5.41, 5.74) is 11.4. The number of nitrogen functional groups attached to an aromatic ring is 2. The average molecular weight is 763 g/mol. The van der Waals surface area contributed by atoms with Crippen LogP contribution in [0.15, 0.2) is 35.9 Å². The Morgan fingerprint density at radius 2 is 1.94 bits per heavy atom. The van der Waals surface area contributed by atoms with Crippen molar-refractivity contribution in [2.24, 2.45) is 5.92 Å². The first-order valence-corrected chi connectivity index (χ1v) is 20.0. The summed E-state index contributed by atoms with van der Waals surface area (Å²) < 4.78 is 72.7. The first kappa shape index (κ1) is 35.9. The number of rotatable bonds is 12. The minimum atomic E-state index is -4.43. The molecule has 266 valence electrons. The Morgan fingerprint density at radius 3 is 2.65 bits per heavy atom. The molecule has 0 saturated carbocycles. The van der Waals surface area contributed by atoms with Gasteiger partial charge in [-0.1, -0.05) is 36.6 Å². The van der Waals surface area contributed by atoms with Gasteiger partial charge in [0.05, 0.1) is 44.1 Å². The molecule has 0 spiro atoms. The quantitative estimate of drug-likeness (QED) is 0.0688. The van der Waals surface area contributed by atoms with Crippen LogP contribution in [-0.4, -0.2) is 87.2 Å². The second-order valence-corrected chi connectivity index (χ2v) is 17.5. The molecule has 2 fully saturated rings. The molecule has 9 atom stereocenters. The van der Waals surface area contributed by atoms with Gasteiger partial charge in [-0.3, -0.25) is 27.9 Å². The number of imidazole rings is 2. The number of hydrogen-bond acceptors (Lipinski definition) is 15. The molecule has 49 heavy (non-hydrogen) atoms.